The van der Waals surface area contributed by atoms with E-state index in [1.165, 1.54) is 0 Å². The van der Waals surface area contributed by atoms with Crippen LogP contribution in [0.2, 0.25) is 0 Å². The van der Waals surface area contributed by atoms with Gasteiger partial charge in [-0.3, -0.25) is 14.6 Å². The van der Waals surface area contributed by atoms with E-state index in [-0.39, 0.29) is 0 Å². The molecule has 0 aliphatic rings. The summed E-state index contributed by atoms with van der Waals surface area (Å²) in [5, 5.41) is 12.8. The highest BCUT2D eigenvalue weighted by Gasteiger charge is 2.17. The summed E-state index contributed by atoms with van der Waals surface area (Å²) in [6.45, 7) is 2.02. The molecule has 2 heterocycles. The van der Waals surface area contributed by atoms with E-state index in [4.69, 9.17) is 5.73 Å². The molecule has 0 bridgehead atoms. The van der Waals surface area contributed by atoms with E-state index in [2.05, 4.69) is 15.3 Å². The number of primary amides is 1. The zero-order chi connectivity index (χ0) is 15.3. The maximum absolute atomic E-state index is 11.7. The number of hydrogen-bond donors (Lipinski definition) is 2. The van der Waals surface area contributed by atoms with Crippen molar-refractivity contribution >= 4 is 27.7 Å². The molecule has 6 nitrogen and oxygen atoms in total. The van der Waals surface area contributed by atoms with Crippen molar-refractivity contribution in [3.8, 4) is 5.69 Å². The third-order valence-electron chi connectivity index (χ3n) is 3.77. The van der Waals surface area contributed by atoms with Crippen molar-refractivity contribution in [3.63, 3.8) is 0 Å². The number of aromatic amines is 1. The second kappa shape index (κ2) is 4.42. The van der Waals surface area contributed by atoms with Gasteiger partial charge in [-0.15, -0.1) is 0 Å². The van der Waals surface area contributed by atoms with Crippen LogP contribution in [0.15, 0.2) is 42.6 Å². The van der Waals surface area contributed by atoms with Crippen molar-refractivity contribution in [1.82, 2.24) is 20.0 Å². The third kappa shape index (κ3) is 1.70. The molecule has 0 saturated carbocycles. The fourth-order valence-corrected chi connectivity index (χ4v) is 2.78. The number of nitrogens with two attached hydrogens (primary N) is 1. The Bertz CT molecular complexity index is 1030. The molecule has 0 fully saturated rings. The number of aryl methyl sites for hydroxylation is 1. The number of rotatable bonds is 2. The topological polar surface area (TPSA) is 89.6 Å². The number of carbonyl (C=O) groups excluding carboxylic acids is 1. The monoisotopic (exact) mass is 291 g/mol. The molecule has 4 rings (SSSR count). The van der Waals surface area contributed by atoms with Gasteiger partial charge in [-0.25, -0.2) is 0 Å². The van der Waals surface area contributed by atoms with Gasteiger partial charge in [0, 0.05) is 10.8 Å². The molecule has 2 aromatic heterocycles. The summed E-state index contributed by atoms with van der Waals surface area (Å²) in [5.41, 5.74) is 9.56. The summed E-state index contributed by atoms with van der Waals surface area (Å²) in [4.78, 5) is 11.7. The Kier molecular flexibility index (Phi) is 2.53. The van der Waals surface area contributed by atoms with Crippen molar-refractivity contribution in [1.29, 1.82) is 0 Å². The first-order chi connectivity index (χ1) is 10.6. The van der Waals surface area contributed by atoms with E-state index in [1.807, 2.05) is 48.0 Å². The Labute approximate surface area is 125 Å². The van der Waals surface area contributed by atoms with E-state index >= 15 is 0 Å². The highest BCUT2D eigenvalue weighted by molar-refractivity contribution is 6.12. The number of amides is 1. The van der Waals surface area contributed by atoms with E-state index in [1.54, 1.807) is 6.20 Å². The summed E-state index contributed by atoms with van der Waals surface area (Å²) in [6, 6.07) is 11.7. The fourth-order valence-electron chi connectivity index (χ4n) is 2.78. The zero-order valence-electron chi connectivity index (χ0n) is 11.9. The van der Waals surface area contributed by atoms with Gasteiger partial charge in [0.05, 0.1) is 22.9 Å². The maximum Gasteiger partial charge on any atom is 0.267 e. The summed E-state index contributed by atoms with van der Waals surface area (Å²) in [7, 11) is 0. The van der Waals surface area contributed by atoms with Gasteiger partial charge in [0.2, 0.25) is 0 Å². The van der Waals surface area contributed by atoms with Gasteiger partial charge in [0.25, 0.3) is 5.91 Å². The molecule has 0 unspecified atom stereocenters. The number of hydrogen-bond acceptors (Lipinski definition) is 3. The Balaban J connectivity index is 2.17. The summed E-state index contributed by atoms with van der Waals surface area (Å²) in [5.74, 6) is -0.497. The van der Waals surface area contributed by atoms with Gasteiger partial charge in [0.15, 0.2) is 0 Å². The average Bonchev–Trinajstić information content (AvgIpc) is 3.10. The lowest BCUT2D eigenvalue weighted by Crippen LogP contribution is -2.12. The largest absolute Gasteiger partial charge is 0.364 e. The predicted octanol–water partition coefficient (Wildman–Crippen LogP) is 2.31. The van der Waals surface area contributed by atoms with Crippen molar-refractivity contribution < 1.29 is 4.79 Å². The quantitative estimate of drug-likeness (QED) is 0.594. The second-order valence-electron chi connectivity index (χ2n) is 5.26. The number of fused-ring (bicyclic) bond motifs is 3. The highest BCUT2D eigenvalue weighted by Crippen LogP contribution is 2.28. The molecule has 4 aromatic rings. The van der Waals surface area contributed by atoms with Crippen LogP contribution in [0.5, 0.6) is 0 Å². The minimum Gasteiger partial charge on any atom is -0.364 e. The summed E-state index contributed by atoms with van der Waals surface area (Å²) in [6.07, 6.45) is 1.70. The Hall–Kier alpha value is -3.15. The first-order valence-corrected chi connectivity index (χ1v) is 6.87. The van der Waals surface area contributed by atoms with E-state index in [0.29, 0.717) is 5.69 Å². The second-order valence-corrected chi connectivity index (χ2v) is 5.26. The van der Waals surface area contributed by atoms with Gasteiger partial charge >= 0.3 is 0 Å². The predicted molar refractivity (Wildman–Crippen MR) is 84.0 cm³/mol. The number of nitrogens with zero attached hydrogens (tertiary/aromatic N) is 3. The van der Waals surface area contributed by atoms with Crippen LogP contribution in [0.25, 0.3) is 27.5 Å². The van der Waals surface area contributed by atoms with Crippen molar-refractivity contribution in [3.05, 3.63) is 53.9 Å². The van der Waals surface area contributed by atoms with Crippen molar-refractivity contribution in [2.24, 2.45) is 5.73 Å². The highest BCUT2D eigenvalue weighted by atomic mass is 16.1. The Morgan fingerprint density at radius 2 is 2.09 bits per heavy atom. The minimum absolute atomic E-state index is 0.375. The molecule has 0 spiro atoms. The molecular formula is C16H13N5O. The zero-order valence-corrected chi connectivity index (χ0v) is 11.9. The molecule has 0 aliphatic carbocycles. The molecule has 6 heteroatoms. The van der Waals surface area contributed by atoms with E-state index in [9.17, 15) is 4.79 Å². The van der Waals surface area contributed by atoms with Gasteiger partial charge in [0.1, 0.15) is 5.69 Å². The first kappa shape index (κ1) is 12.6. The number of carbonyl (C=O) groups is 1. The van der Waals surface area contributed by atoms with Gasteiger partial charge in [-0.1, -0.05) is 12.1 Å². The lowest BCUT2D eigenvalue weighted by Gasteiger charge is -2.06. The summed E-state index contributed by atoms with van der Waals surface area (Å²) >= 11 is 0. The Morgan fingerprint density at radius 3 is 2.86 bits per heavy atom. The van der Waals surface area contributed by atoms with E-state index in [0.717, 1.165) is 33.1 Å². The summed E-state index contributed by atoms with van der Waals surface area (Å²) < 4.78 is 1.86. The maximum atomic E-state index is 11.7. The van der Waals surface area contributed by atoms with Crippen molar-refractivity contribution in [2.45, 2.75) is 6.92 Å². The molecule has 1 amide bonds. The molecule has 0 radical (unpaired) electrons. The van der Waals surface area contributed by atoms with Crippen LogP contribution in [-0.4, -0.2) is 25.9 Å². The molecule has 2 aromatic carbocycles. The van der Waals surface area contributed by atoms with Crippen LogP contribution in [0.1, 0.15) is 16.1 Å². The molecule has 108 valence electrons. The average molecular weight is 291 g/mol. The molecule has 22 heavy (non-hydrogen) atoms. The number of H-pyrrole nitrogens is 1. The lowest BCUT2D eigenvalue weighted by molar-refractivity contribution is 0.0996. The fraction of sp³-hybridized carbons (Fsp3) is 0.0625. The van der Waals surface area contributed by atoms with Crippen LogP contribution in [0, 0.1) is 6.92 Å². The number of benzene rings is 2. The van der Waals surface area contributed by atoms with Crippen LogP contribution in [0.4, 0.5) is 0 Å². The van der Waals surface area contributed by atoms with Gasteiger partial charge in [-0.2, -0.15) is 10.2 Å². The number of aromatic nitrogens is 4. The SMILES string of the molecule is Cc1cccc(-n2[nH]c(C(N)=O)c3ccc4nncc4c32)c1. The van der Waals surface area contributed by atoms with Gasteiger partial charge in [-0.05, 0) is 36.8 Å². The lowest BCUT2D eigenvalue weighted by atomic mass is 10.1. The molecule has 3 N–H and O–H groups in total. The van der Waals surface area contributed by atoms with E-state index < -0.39 is 5.91 Å². The van der Waals surface area contributed by atoms with Crippen molar-refractivity contribution in [2.75, 3.05) is 0 Å². The number of nitrogens with one attached hydrogen (secondary N) is 1. The minimum atomic E-state index is -0.497. The first-order valence-electron chi connectivity index (χ1n) is 6.87. The van der Waals surface area contributed by atoms with Crippen LogP contribution >= 0.6 is 0 Å². The standard InChI is InChI=1S/C16H13N5O/c1-9-3-2-4-10(7-9)21-15-11(14(20-21)16(17)22)5-6-13-12(15)8-18-19-13/h2-8,20H,1H3,(H2,17,22). The van der Waals surface area contributed by atoms with Crippen LogP contribution < -0.4 is 5.73 Å². The van der Waals surface area contributed by atoms with Crippen LogP contribution in [0.3, 0.4) is 0 Å². The third-order valence-corrected chi connectivity index (χ3v) is 3.77. The van der Waals surface area contributed by atoms with Crippen LogP contribution in [-0.2, 0) is 0 Å². The molecule has 0 aliphatic heterocycles. The Morgan fingerprint density at radius 1 is 1.23 bits per heavy atom. The molecular weight excluding hydrogens is 278 g/mol. The normalized spacial score (nSPS) is 11.3. The molecule has 0 saturated heterocycles. The molecule has 0 atom stereocenters. The smallest absolute Gasteiger partial charge is 0.267 e. The van der Waals surface area contributed by atoms with Gasteiger partial charge < -0.3 is 5.73 Å².